The van der Waals surface area contributed by atoms with Gasteiger partial charge in [-0.15, -0.1) is 0 Å². The van der Waals surface area contributed by atoms with E-state index >= 15 is 0 Å². The van der Waals surface area contributed by atoms with Crippen LogP contribution in [0.1, 0.15) is 26.7 Å². The fourth-order valence-electron chi connectivity index (χ4n) is 1.67. The van der Waals surface area contributed by atoms with E-state index in [4.69, 9.17) is 23.2 Å². The van der Waals surface area contributed by atoms with Crippen molar-refractivity contribution >= 4 is 23.2 Å². The molecule has 1 rings (SSSR count). The van der Waals surface area contributed by atoms with Gasteiger partial charge in [0.05, 0.1) is 0 Å². The minimum atomic E-state index is 0.535. The fraction of sp³-hybridized carbons (Fsp3) is 0.750. The van der Waals surface area contributed by atoms with E-state index in [-0.39, 0.29) is 0 Å². The van der Waals surface area contributed by atoms with Crippen molar-refractivity contribution in [2.45, 2.75) is 38.8 Å². The Hall–Kier alpha value is 0.120. The molecular weight excluding hydrogens is 181 g/mol. The summed E-state index contributed by atoms with van der Waals surface area (Å²) in [5.74, 6) is 0. The van der Waals surface area contributed by atoms with Crippen molar-refractivity contribution in [3.05, 3.63) is 10.7 Å². The predicted molar refractivity (Wildman–Crippen MR) is 49.8 cm³/mol. The van der Waals surface area contributed by atoms with E-state index in [2.05, 4.69) is 18.7 Å². The monoisotopic (exact) mass is 193 g/mol. The van der Waals surface area contributed by atoms with Gasteiger partial charge in [0.25, 0.3) is 0 Å². The molecule has 0 N–H and O–H groups in total. The number of nitrogens with zero attached hydrogens (tertiary/aromatic N) is 1. The predicted octanol–water partition coefficient (Wildman–Crippen LogP) is 3.14. The molecule has 0 saturated carbocycles. The van der Waals surface area contributed by atoms with Crippen LogP contribution >= 0.6 is 23.2 Å². The number of halogens is 2. The highest BCUT2D eigenvalue weighted by atomic mass is 35.5. The number of likely N-dealkylation sites (tertiary alicyclic amines) is 1. The van der Waals surface area contributed by atoms with Crippen molar-refractivity contribution < 1.29 is 0 Å². The van der Waals surface area contributed by atoms with Crippen molar-refractivity contribution in [2.75, 3.05) is 0 Å². The topological polar surface area (TPSA) is 3.24 Å². The van der Waals surface area contributed by atoms with Crippen molar-refractivity contribution in [2.24, 2.45) is 0 Å². The molecule has 2 atom stereocenters. The molecule has 0 aromatic heterocycles. The third-order valence-electron chi connectivity index (χ3n) is 2.29. The summed E-state index contributed by atoms with van der Waals surface area (Å²) in [5.41, 5.74) is 1.44. The first-order chi connectivity index (χ1) is 5.16. The molecule has 0 aromatic rings. The zero-order chi connectivity index (χ0) is 8.43. The molecule has 11 heavy (non-hydrogen) atoms. The second-order valence-corrected chi connectivity index (χ2v) is 3.72. The summed E-state index contributed by atoms with van der Waals surface area (Å²) < 4.78 is 0. The standard InChI is InChI=1S/C8H13Cl2N/c1-6-3-4-7(2)11(6)8(10)5-9/h5-7H,3-4H2,1-2H3/b8-5-/t6-,7-/m1/s1. The molecule has 0 unspecified atom stereocenters. The highest BCUT2D eigenvalue weighted by molar-refractivity contribution is 6.36. The number of rotatable bonds is 1. The van der Waals surface area contributed by atoms with Gasteiger partial charge in [-0.25, -0.2) is 0 Å². The first kappa shape index (κ1) is 9.21. The van der Waals surface area contributed by atoms with Crippen LogP contribution < -0.4 is 0 Å². The van der Waals surface area contributed by atoms with E-state index in [9.17, 15) is 0 Å². The number of hydrogen-bond donors (Lipinski definition) is 0. The normalized spacial score (nSPS) is 33.1. The molecule has 0 bridgehead atoms. The van der Waals surface area contributed by atoms with Crippen LogP contribution in [0, 0.1) is 0 Å². The molecular formula is C8H13Cl2N. The van der Waals surface area contributed by atoms with Crippen molar-refractivity contribution in [1.29, 1.82) is 0 Å². The van der Waals surface area contributed by atoms with Gasteiger partial charge in [-0.2, -0.15) is 0 Å². The molecule has 1 aliphatic heterocycles. The lowest BCUT2D eigenvalue weighted by atomic mass is 10.2. The average molecular weight is 194 g/mol. The summed E-state index contributed by atoms with van der Waals surface area (Å²) in [4.78, 5) is 2.16. The molecule has 0 aliphatic carbocycles. The van der Waals surface area contributed by atoms with E-state index in [0.29, 0.717) is 17.2 Å². The maximum atomic E-state index is 5.92. The number of hydrogen-bond acceptors (Lipinski definition) is 1. The SMILES string of the molecule is C[C@@H]1CC[C@@H](C)N1/C(Cl)=C\Cl. The van der Waals surface area contributed by atoms with Crippen LogP contribution in [0.3, 0.4) is 0 Å². The third-order valence-corrected chi connectivity index (χ3v) is 2.91. The van der Waals surface area contributed by atoms with Crippen LogP contribution in [-0.4, -0.2) is 17.0 Å². The highest BCUT2D eigenvalue weighted by Gasteiger charge is 2.27. The van der Waals surface area contributed by atoms with E-state index in [0.717, 1.165) is 0 Å². The van der Waals surface area contributed by atoms with E-state index in [1.54, 1.807) is 0 Å². The van der Waals surface area contributed by atoms with Crippen LogP contribution in [0.25, 0.3) is 0 Å². The maximum absolute atomic E-state index is 5.92. The lowest BCUT2D eigenvalue weighted by Gasteiger charge is -2.26. The molecule has 1 nitrogen and oxygen atoms in total. The van der Waals surface area contributed by atoms with Gasteiger partial charge in [0.15, 0.2) is 0 Å². The Labute approximate surface area is 78.0 Å². The van der Waals surface area contributed by atoms with Gasteiger partial charge in [-0.05, 0) is 26.7 Å². The molecule has 1 aliphatic rings. The van der Waals surface area contributed by atoms with Crippen molar-refractivity contribution in [1.82, 2.24) is 4.90 Å². The summed E-state index contributed by atoms with van der Waals surface area (Å²) in [6.45, 7) is 4.35. The molecule has 1 heterocycles. The van der Waals surface area contributed by atoms with Gasteiger partial charge in [0, 0.05) is 17.6 Å². The minimum absolute atomic E-state index is 0.535. The molecule has 0 amide bonds. The maximum Gasteiger partial charge on any atom is 0.116 e. The average Bonchev–Trinajstić information content (AvgIpc) is 2.30. The molecule has 0 radical (unpaired) electrons. The van der Waals surface area contributed by atoms with Gasteiger partial charge in [-0.3, -0.25) is 0 Å². The second-order valence-electron chi connectivity index (χ2n) is 3.11. The summed E-state index contributed by atoms with van der Waals surface area (Å²) >= 11 is 11.4. The van der Waals surface area contributed by atoms with E-state index in [1.807, 2.05) is 0 Å². The Morgan fingerprint density at radius 1 is 1.36 bits per heavy atom. The lowest BCUT2D eigenvalue weighted by molar-refractivity contribution is 0.296. The van der Waals surface area contributed by atoms with Gasteiger partial charge < -0.3 is 4.90 Å². The highest BCUT2D eigenvalue weighted by Crippen LogP contribution is 2.29. The fourth-order valence-corrected chi connectivity index (χ4v) is 2.12. The van der Waals surface area contributed by atoms with Crippen LogP contribution in [0.2, 0.25) is 0 Å². The van der Waals surface area contributed by atoms with Crippen molar-refractivity contribution in [3.8, 4) is 0 Å². The largest absolute Gasteiger partial charge is 0.356 e. The summed E-state index contributed by atoms with van der Waals surface area (Å²) in [7, 11) is 0. The van der Waals surface area contributed by atoms with Crippen LogP contribution in [-0.2, 0) is 0 Å². The van der Waals surface area contributed by atoms with Crippen LogP contribution in [0.5, 0.6) is 0 Å². The van der Waals surface area contributed by atoms with Gasteiger partial charge in [0.1, 0.15) is 5.16 Å². The second kappa shape index (κ2) is 3.68. The Morgan fingerprint density at radius 2 is 1.82 bits per heavy atom. The van der Waals surface area contributed by atoms with Crippen LogP contribution in [0.15, 0.2) is 10.7 Å². The molecule has 64 valence electrons. The smallest absolute Gasteiger partial charge is 0.116 e. The Morgan fingerprint density at radius 3 is 2.18 bits per heavy atom. The first-order valence-electron chi connectivity index (χ1n) is 3.91. The molecule has 3 heteroatoms. The van der Waals surface area contributed by atoms with Gasteiger partial charge in [-0.1, -0.05) is 23.2 Å². The third kappa shape index (κ3) is 1.83. The molecule has 0 spiro atoms. The zero-order valence-corrected chi connectivity index (χ0v) is 8.36. The Balaban J connectivity index is 2.68. The summed E-state index contributed by atoms with van der Waals surface area (Å²) in [6.07, 6.45) is 2.42. The van der Waals surface area contributed by atoms with E-state index in [1.165, 1.54) is 18.4 Å². The Kier molecular flexibility index (Phi) is 3.08. The first-order valence-corrected chi connectivity index (χ1v) is 4.72. The lowest BCUT2D eigenvalue weighted by Crippen LogP contribution is -2.29. The molecule has 1 saturated heterocycles. The van der Waals surface area contributed by atoms with Crippen LogP contribution in [0.4, 0.5) is 0 Å². The minimum Gasteiger partial charge on any atom is -0.356 e. The molecule has 0 aromatic carbocycles. The van der Waals surface area contributed by atoms with E-state index < -0.39 is 0 Å². The van der Waals surface area contributed by atoms with Gasteiger partial charge >= 0.3 is 0 Å². The zero-order valence-electron chi connectivity index (χ0n) is 6.85. The summed E-state index contributed by atoms with van der Waals surface area (Å²) in [6, 6.07) is 1.07. The quantitative estimate of drug-likeness (QED) is 0.579. The Bertz CT molecular complexity index is 157. The summed E-state index contributed by atoms with van der Waals surface area (Å²) in [5, 5.41) is 0.671. The van der Waals surface area contributed by atoms with Crippen molar-refractivity contribution in [3.63, 3.8) is 0 Å². The van der Waals surface area contributed by atoms with Gasteiger partial charge in [0.2, 0.25) is 0 Å². The molecule has 1 fully saturated rings.